The van der Waals surface area contributed by atoms with Gasteiger partial charge >= 0.3 is 5.97 Å². The third kappa shape index (κ3) is 3.88. The summed E-state index contributed by atoms with van der Waals surface area (Å²) in [6.07, 6.45) is 1.11. The van der Waals surface area contributed by atoms with E-state index in [1.807, 2.05) is 37.4 Å². The summed E-state index contributed by atoms with van der Waals surface area (Å²) < 4.78 is 10.9. The number of hydrogen-bond acceptors (Lipinski definition) is 6. The molecule has 0 saturated carbocycles. The van der Waals surface area contributed by atoms with Crippen LogP contribution in [0, 0.1) is 6.92 Å². The first kappa shape index (κ1) is 18.4. The van der Waals surface area contributed by atoms with Gasteiger partial charge in [-0.25, -0.2) is 4.98 Å². The molecule has 1 aliphatic heterocycles. The highest BCUT2D eigenvalue weighted by atomic mass is 32.1. The minimum absolute atomic E-state index is 0.122. The number of esters is 1. The van der Waals surface area contributed by atoms with Gasteiger partial charge in [-0.2, -0.15) is 0 Å². The quantitative estimate of drug-likeness (QED) is 0.571. The van der Waals surface area contributed by atoms with Crippen molar-refractivity contribution < 1.29 is 19.1 Å². The van der Waals surface area contributed by atoms with Crippen LogP contribution in [-0.2, 0) is 14.3 Å². The number of amides is 1. The van der Waals surface area contributed by atoms with Crippen molar-refractivity contribution in [2.24, 2.45) is 0 Å². The van der Waals surface area contributed by atoms with Gasteiger partial charge in [0, 0.05) is 10.9 Å². The second kappa shape index (κ2) is 7.86. The van der Waals surface area contributed by atoms with E-state index in [1.165, 1.54) is 4.90 Å². The molecule has 0 spiro atoms. The first-order valence-corrected chi connectivity index (χ1v) is 9.57. The highest BCUT2D eigenvalue weighted by molar-refractivity contribution is 7.09. The maximum absolute atomic E-state index is 12.6. The molecule has 0 aliphatic carbocycles. The Morgan fingerprint density at radius 2 is 2.23 bits per heavy atom. The summed E-state index contributed by atoms with van der Waals surface area (Å²) >= 11 is 1.56. The lowest BCUT2D eigenvalue weighted by molar-refractivity contribution is -0.143. The second-order valence-electron chi connectivity index (χ2n) is 6.19. The molecule has 7 heteroatoms. The third-order valence-electron chi connectivity index (χ3n) is 4.13. The number of rotatable bonds is 6. The Morgan fingerprint density at radius 3 is 2.92 bits per heavy atom. The van der Waals surface area contributed by atoms with Crippen molar-refractivity contribution in [3.05, 3.63) is 28.6 Å². The zero-order valence-corrected chi connectivity index (χ0v) is 16.0. The van der Waals surface area contributed by atoms with Crippen LogP contribution in [0.5, 0.6) is 5.75 Å². The zero-order chi connectivity index (χ0) is 18.7. The molecule has 2 aromatic rings. The molecule has 2 heterocycles. The Morgan fingerprint density at radius 1 is 1.42 bits per heavy atom. The predicted octanol–water partition coefficient (Wildman–Crippen LogP) is 3.58. The number of ether oxygens (including phenoxy) is 2. The second-order valence-corrected chi connectivity index (χ2v) is 7.25. The van der Waals surface area contributed by atoms with Crippen LogP contribution in [-0.4, -0.2) is 36.1 Å². The summed E-state index contributed by atoms with van der Waals surface area (Å²) in [5, 5.41) is 2.93. The van der Waals surface area contributed by atoms with Gasteiger partial charge in [-0.1, -0.05) is 13.3 Å². The van der Waals surface area contributed by atoms with Crippen molar-refractivity contribution in [1.29, 1.82) is 0 Å². The molecule has 138 valence electrons. The van der Waals surface area contributed by atoms with Crippen molar-refractivity contribution in [2.45, 2.75) is 39.7 Å². The van der Waals surface area contributed by atoms with Crippen molar-refractivity contribution in [1.82, 2.24) is 4.98 Å². The smallest absolute Gasteiger partial charge is 0.326 e. The monoisotopic (exact) mass is 374 g/mol. The average molecular weight is 374 g/mol. The lowest BCUT2D eigenvalue weighted by Gasteiger charge is -2.32. The number of unbranched alkanes of at least 4 members (excludes halogenated alkanes) is 1. The van der Waals surface area contributed by atoms with E-state index in [0.717, 1.165) is 29.1 Å². The number of aryl methyl sites for hydroxylation is 1. The van der Waals surface area contributed by atoms with Gasteiger partial charge in [-0.3, -0.25) is 14.5 Å². The Bertz CT molecular complexity index is 818. The van der Waals surface area contributed by atoms with Crippen LogP contribution in [0.2, 0.25) is 0 Å². The van der Waals surface area contributed by atoms with E-state index in [4.69, 9.17) is 9.47 Å². The van der Waals surface area contributed by atoms with E-state index in [0.29, 0.717) is 18.0 Å². The maximum Gasteiger partial charge on any atom is 0.326 e. The van der Waals surface area contributed by atoms with Crippen molar-refractivity contribution in [3.8, 4) is 17.0 Å². The van der Waals surface area contributed by atoms with Crippen LogP contribution in [0.3, 0.4) is 0 Å². The summed E-state index contributed by atoms with van der Waals surface area (Å²) in [5.74, 6) is -0.0903. The van der Waals surface area contributed by atoms with E-state index in [2.05, 4.69) is 4.98 Å². The van der Waals surface area contributed by atoms with Crippen molar-refractivity contribution in [2.75, 3.05) is 18.1 Å². The van der Waals surface area contributed by atoms with Crippen LogP contribution < -0.4 is 9.64 Å². The number of benzene rings is 1. The molecule has 1 unspecified atom stereocenters. The Labute approximate surface area is 156 Å². The molecule has 1 aromatic carbocycles. The lowest BCUT2D eigenvalue weighted by atomic mass is 10.1. The van der Waals surface area contributed by atoms with Crippen LogP contribution in [0.25, 0.3) is 11.3 Å². The van der Waals surface area contributed by atoms with E-state index in [1.54, 1.807) is 18.3 Å². The fourth-order valence-electron chi connectivity index (χ4n) is 2.73. The number of thiazole rings is 1. The number of carbonyl (C=O) groups excluding carboxylic acids is 2. The standard InChI is InChI=1S/C19H22N2O4S/c1-4-5-8-24-18(22)10-21-16-9-14(15-11-26-13(3)20-15)6-7-17(16)25-12(2)19(21)23/h6-7,9,11-12H,4-5,8,10H2,1-3H3. The number of aromatic nitrogens is 1. The topological polar surface area (TPSA) is 68.7 Å². The van der Waals surface area contributed by atoms with Crippen LogP contribution in [0.1, 0.15) is 31.7 Å². The van der Waals surface area contributed by atoms with E-state index in [-0.39, 0.29) is 12.5 Å². The van der Waals surface area contributed by atoms with E-state index in [9.17, 15) is 9.59 Å². The van der Waals surface area contributed by atoms with Crippen LogP contribution >= 0.6 is 11.3 Å². The number of hydrogen-bond donors (Lipinski definition) is 0. The molecular weight excluding hydrogens is 352 g/mol. The van der Waals surface area contributed by atoms with Crippen molar-refractivity contribution in [3.63, 3.8) is 0 Å². The molecule has 1 aromatic heterocycles. The van der Waals surface area contributed by atoms with Gasteiger partial charge in [0.25, 0.3) is 5.91 Å². The van der Waals surface area contributed by atoms with Gasteiger partial charge in [0.2, 0.25) is 0 Å². The Hall–Kier alpha value is -2.41. The lowest BCUT2D eigenvalue weighted by Crippen LogP contribution is -2.47. The molecule has 26 heavy (non-hydrogen) atoms. The van der Waals surface area contributed by atoms with Gasteiger partial charge < -0.3 is 9.47 Å². The summed E-state index contributed by atoms with van der Waals surface area (Å²) in [4.78, 5) is 30.7. The molecule has 0 radical (unpaired) electrons. The molecule has 6 nitrogen and oxygen atoms in total. The Kier molecular flexibility index (Phi) is 5.56. The highest BCUT2D eigenvalue weighted by Crippen LogP contribution is 2.37. The first-order chi connectivity index (χ1) is 12.5. The number of fused-ring (bicyclic) bond motifs is 1. The molecule has 1 atom stereocenters. The molecule has 1 aliphatic rings. The SMILES string of the molecule is CCCCOC(=O)CN1C(=O)C(C)Oc2ccc(-c3csc(C)n3)cc21. The number of anilines is 1. The normalized spacial score (nSPS) is 16.2. The molecular formula is C19H22N2O4S. The van der Waals surface area contributed by atoms with Gasteiger partial charge in [0.15, 0.2) is 6.10 Å². The zero-order valence-electron chi connectivity index (χ0n) is 15.2. The maximum atomic E-state index is 12.6. The predicted molar refractivity (Wildman–Crippen MR) is 101 cm³/mol. The summed E-state index contributed by atoms with van der Waals surface area (Å²) in [6.45, 7) is 5.90. The molecule has 0 fully saturated rings. The van der Waals surface area contributed by atoms with Gasteiger partial charge in [0.1, 0.15) is 12.3 Å². The van der Waals surface area contributed by atoms with Gasteiger partial charge in [-0.15, -0.1) is 11.3 Å². The molecule has 0 N–H and O–H groups in total. The minimum Gasteiger partial charge on any atom is -0.479 e. The summed E-state index contributed by atoms with van der Waals surface area (Å²) in [5.41, 5.74) is 2.29. The fourth-order valence-corrected chi connectivity index (χ4v) is 3.35. The van der Waals surface area contributed by atoms with Crippen LogP contribution in [0.4, 0.5) is 5.69 Å². The molecule has 0 bridgehead atoms. The van der Waals surface area contributed by atoms with Gasteiger partial charge in [-0.05, 0) is 38.5 Å². The number of nitrogens with zero attached hydrogens (tertiary/aromatic N) is 2. The van der Waals surface area contributed by atoms with E-state index >= 15 is 0 Å². The largest absolute Gasteiger partial charge is 0.479 e. The first-order valence-electron chi connectivity index (χ1n) is 8.69. The summed E-state index contributed by atoms with van der Waals surface area (Å²) in [6, 6.07) is 5.57. The molecule has 3 rings (SSSR count). The minimum atomic E-state index is -0.640. The van der Waals surface area contributed by atoms with Gasteiger partial charge in [0.05, 0.1) is 23.0 Å². The third-order valence-corrected chi connectivity index (χ3v) is 4.90. The van der Waals surface area contributed by atoms with Crippen LogP contribution in [0.15, 0.2) is 23.6 Å². The van der Waals surface area contributed by atoms with E-state index < -0.39 is 12.1 Å². The molecule has 1 amide bonds. The fraction of sp³-hybridized carbons (Fsp3) is 0.421. The van der Waals surface area contributed by atoms with Crippen molar-refractivity contribution >= 4 is 28.9 Å². The molecule has 0 saturated heterocycles. The number of carbonyl (C=O) groups is 2. The Balaban J connectivity index is 1.87. The highest BCUT2D eigenvalue weighted by Gasteiger charge is 2.33. The average Bonchev–Trinajstić information content (AvgIpc) is 3.05. The summed E-state index contributed by atoms with van der Waals surface area (Å²) in [7, 11) is 0.